The molecule has 1 saturated carbocycles. The summed E-state index contributed by atoms with van der Waals surface area (Å²) in [6.45, 7) is 2.99. The maximum absolute atomic E-state index is 5.67. The van der Waals surface area contributed by atoms with E-state index in [1.165, 1.54) is 24.3 Å². The zero-order valence-electron chi connectivity index (χ0n) is 7.49. The summed E-state index contributed by atoms with van der Waals surface area (Å²) >= 11 is 1.96. The summed E-state index contributed by atoms with van der Waals surface area (Å²) in [6, 6.07) is 0.623. The van der Waals surface area contributed by atoms with Crippen molar-refractivity contribution in [2.24, 2.45) is 16.6 Å². The third kappa shape index (κ3) is 1.52. The topological polar surface area (TPSA) is 38.4 Å². The average molecular weight is 184 g/mol. The van der Waals surface area contributed by atoms with Crippen LogP contribution in [0.25, 0.3) is 0 Å². The molecule has 2 rings (SSSR count). The molecule has 0 saturated heterocycles. The molecule has 0 spiro atoms. The van der Waals surface area contributed by atoms with Gasteiger partial charge < -0.3 is 5.73 Å². The van der Waals surface area contributed by atoms with Crippen LogP contribution in [0.5, 0.6) is 0 Å². The van der Waals surface area contributed by atoms with Crippen LogP contribution in [0.3, 0.4) is 0 Å². The van der Waals surface area contributed by atoms with Gasteiger partial charge in [0.1, 0.15) is 0 Å². The number of nitrogens with zero attached hydrogens (tertiary/aromatic N) is 1. The van der Waals surface area contributed by atoms with Gasteiger partial charge in [-0.2, -0.15) is 0 Å². The molecule has 2 aliphatic rings. The lowest BCUT2D eigenvalue weighted by molar-refractivity contribution is 0.347. The lowest BCUT2D eigenvalue weighted by atomic mass is 9.86. The predicted octanol–water partition coefficient (Wildman–Crippen LogP) is 1.65. The van der Waals surface area contributed by atoms with Crippen LogP contribution in [-0.4, -0.2) is 22.9 Å². The molecule has 1 aliphatic carbocycles. The van der Waals surface area contributed by atoms with Gasteiger partial charge in [0.15, 0.2) is 0 Å². The van der Waals surface area contributed by atoms with Gasteiger partial charge in [-0.05, 0) is 38.6 Å². The van der Waals surface area contributed by atoms with Crippen LogP contribution < -0.4 is 5.73 Å². The molecule has 3 unspecified atom stereocenters. The van der Waals surface area contributed by atoms with Crippen LogP contribution in [0.2, 0.25) is 0 Å². The first kappa shape index (κ1) is 8.57. The smallest absolute Gasteiger partial charge is 0.0652 e. The number of hydrogen-bond acceptors (Lipinski definition) is 3. The van der Waals surface area contributed by atoms with Crippen molar-refractivity contribution in [1.82, 2.24) is 0 Å². The number of fused-ring (bicyclic) bond motifs is 1. The van der Waals surface area contributed by atoms with Crippen LogP contribution in [0.4, 0.5) is 0 Å². The molecule has 1 aliphatic heterocycles. The molecule has 1 heterocycles. The van der Waals surface area contributed by atoms with Gasteiger partial charge in [-0.25, -0.2) is 0 Å². The number of nitrogens with two attached hydrogens (primary N) is 1. The minimum atomic E-state index is 0.623. The van der Waals surface area contributed by atoms with Crippen LogP contribution in [0, 0.1) is 5.92 Å². The van der Waals surface area contributed by atoms with E-state index >= 15 is 0 Å². The van der Waals surface area contributed by atoms with Crippen LogP contribution in [-0.2, 0) is 0 Å². The predicted molar refractivity (Wildman–Crippen MR) is 54.7 cm³/mol. The molecule has 0 aromatic rings. The third-order valence-electron chi connectivity index (χ3n) is 2.87. The molecule has 0 aromatic heterocycles. The van der Waals surface area contributed by atoms with E-state index in [9.17, 15) is 0 Å². The fourth-order valence-corrected chi connectivity index (χ4v) is 3.52. The molecular weight excluding hydrogens is 168 g/mol. The summed E-state index contributed by atoms with van der Waals surface area (Å²) in [5, 5.41) is 2.04. The minimum absolute atomic E-state index is 0.623. The van der Waals surface area contributed by atoms with Gasteiger partial charge in [0.25, 0.3) is 0 Å². The van der Waals surface area contributed by atoms with Gasteiger partial charge in [-0.15, -0.1) is 11.8 Å². The van der Waals surface area contributed by atoms with Crippen LogP contribution in [0.1, 0.15) is 26.2 Å². The van der Waals surface area contributed by atoms with E-state index in [0.29, 0.717) is 6.04 Å². The van der Waals surface area contributed by atoms with Gasteiger partial charge in [0.05, 0.1) is 11.1 Å². The highest BCUT2D eigenvalue weighted by atomic mass is 32.2. The second-order valence-electron chi connectivity index (χ2n) is 3.79. The Balaban J connectivity index is 1.97. The summed E-state index contributed by atoms with van der Waals surface area (Å²) in [6.07, 6.45) is 3.83. The Bertz CT molecular complexity index is 203. The van der Waals surface area contributed by atoms with Crippen LogP contribution in [0.15, 0.2) is 4.99 Å². The third-order valence-corrected chi connectivity index (χ3v) is 4.12. The number of hydrogen-bond donors (Lipinski definition) is 1. The molecule has 2 nitrogen and oxygen atoms in total. The SMILES string of the molecule is CC1=NC2CCC(CN)CC2S1. The molecule has 68 valence electrons. The zero-order valence-corrected chi connectivity index (χ0v) is 8.31. The van der Waals surface area contributed by atoms with E-state index in [1.54, 1.807) is 0 Å². The first-order chi connectivity index (χ1) is 5.79. The monoisotopic (exact) mass is 184 g/mol. The van der Waals surface area contributed by atoms with Crippen molar-refractivity contribution >= 4 is 16.8 Å². The molecule has 0 aromatic carbocycles. The molecule has 3 heteroatoms. The molecule has 0 radical (unpaired) electrons. The molecule has 0 bridgehead atoms. The van der Waals surface area contributed by atoms with Gasteiger partial charge in [-0.3, -0.25) is 4.99 Å². The fraction of sp³-hybridized carbons (Fsp3) is 0.889. The molecule has 1 fully saturated rings. The molecule has 0 amide bonds. The number of rotatable bonds is 1. The van der Waals surface area contributed by atoms with E-state index in [2.05, 4.69) is 11.9 Å². The Kier molecular flexibility index (Phi) is 2.42. The Morgan fingerprint density at radius 3 is 3.17 bits per heavy atom. The number of aliphatic imine (C=N–C) groups is 1. The van der Waals surface area contributed by atoms with E-state index < -0.39 is 0 Å². The largest absolute Gasteiger partial charge is 0.330 e. The summed E-state index contributed by atoms with van der Waals surface area (Å²) in [5.41, 5.74) is 5.67. The van der Waals surface area contributed by atoms with Crippen molar-refractivity contribution in [3.63, 3.8) is 0 Å². The maximum atomic E-state index is 5.67. The molecule has 12 heavy (non-hydrogen) atoms. The van der Waals surface area contributed by atoms with Gasteiger partial charge in [0.2, 0.25) is 0 Å². The van der Waals surface area contributed by atoms with Crippen molar-refractivity contribution < 1.29 is 0 Å². The molecule has 3 atom stereocenters. The summed E-state index contributed by atoms with van der Waals surface area (Å²) in [4.78, 5) is 4.62. The Labute approximate surface area is 78.0 Å². The van der Waals surface area contributed by atoms with E-state index in [1.807, 2.05) is 11.8 Å². The van der Waals surface area contributed by atoms with Crippen molar-refractivity contribution in [1.29, 1.82) is 0 Å². The minimum Gasteiger partial charge on any atom is -0.330 e. The highest BCUT2D eigenvalue weighted by Crippen LogP contribution is 2.38. The Morgan fingerprint density at radius 2 is 2.42 bits per heavy atom. The fourth-order valence-electron chi connectivity index (χ4n) is 2.17. The zero-order chi connectivity index (χ0) is 8.55. The first-order valence-corrected chi connectivity index (χ1v) is 5.58. The number of thioether (sulfide) groups is 1. The van der Waals surface area contributed by atoms with E-state index in [-0.39, 0.29) is 0 Å². The van der Waals surface area contributed by atoms with Gasteiger partial charge in [-0.1, -0.05) is 0 Å². The van der Waals surface area contributed by atoms with E-state index in [4.69, 9.17) is 5.73 Å². The Morgan fingerprint density at radius 1 is 1.58 bits per heavy atom. The lowest BCUT2D eigenvalue weighted by Crippen LogP contribution is -2.31. The van der Waals surface area contributed by atoms with Crippen molar-refractivity contribution in [2.75, 3.05) is 6.54 Å². The van der Waals surface area contributed by atoms with Crippen molar-refractivity contribution in [3.8, 4) is 0 Å². The van der Waals surface area contributed by atoms with Crippen molar-refractivity contribution in [2.45, 2.75) is 37.5 Å². The molecule has 2 N–H and O–H groups in total. The second kappa shape index (κ2) is 3.38. The van der Waals surface area contributed by atoms with Gasteiger partial charge >= 0.3 is 0 Å². The van der Waals surface area contributed by atoms with Crippen LogP contribution >= 0.6 is 11.8 Å². The Hall–Kier alpha value is -0.0200. The highest BCUT2D eigenvalue weighted by Gasteiger charge is 2.34. The first-order valence-electron chi connectivity index (χ1n) is 4.70. The summed E-state index contributed by atoms with van der Waals surface area (Å²) < 4.78 is 0. The lowest BCUT2D eigenvalue weighted by Gasteiger charge is -2.28. The van der Waals surface area contributed by atoms with Crippen molar-refractivity contribution in [3.05, 3.63) is 0 Å². The quantitative estimate of drug-likeness (QED) is 0.673. The van der Waals surface area contributed by atoms with E-state index in [0.717, 1.165) is 17.7 Å². The summed E-state index contributed by atoms with van der Waals surface area (Å²) in [5.74, 6) is 0.764. The standard InChI is InChI=1S/C9H16N2S/c1-6-11-8-3-2-7(5-10)4-9(8)12-6/h7-9H,2-5,10H2,1H3. The van der Waals surface area contributed by atoms with Gasteiger partial charge in [0, 0.05) is 5.25 Å². The summed E-state index contributed by atoms with van der Waals surface area (Å²) in [7, 11) is 0. The second-order valence-corrected chi connectivity index (χ2v) is 5.22. The normalized spacial score (nSPS) is 40.8. The maximum Gasteiger partial charge on any atom is 0.0652 e. The average Bonchev–Trinajstić information content (AvgIpc) is 2.43. The highest BCUT2D eigenvalue weighted by molar-refractivity contribution is 8.14. The molecular formula is C9H16N2S.